The second kappa shape index (κ2) is 9.60. The molecule has 3 aromatic rings. The number of aromatic nitrogens is 2. The van der Waals surface area contributed by atoms with Gasteiger partial charge in [-0.15, -0.1) is 0 Å². The van der Waals surface area contributed by atoms with E-state index in [-0.39, 0.29) is 16.7 Å². The third kappa shape index (κ3) is 4.59. The molecule has 4 rings (SSSR count). The van der Waals surface area contributed by atoms with Gasteiger partial charge in [0.25, 0.3) is 5.56 Å². The van der Waals surface area contributed by atoms with Gasteiger partial charge in [0.05, 0.1) is 29.0 Å². The van der Waals surface area contributed by atoms with Crippen LogP contribution in [-0.4, -0.2) is 45.8 Å². The van der Waals surface area contributed by atoms with Gasteiger partial charge in [-0.1, -0.05) is 23.9 Å². The number of amides is 1. The van der Waals surface area contributed by atoms with Crippen molar-refractivity contribution >= 4 is 51.2 Å². The lowest BCUT2D eigenvalue weighted by molar-refractivity contribution is -0.131. The van der Waals surface area contributed by atoms with Crippen LogP contribution in [0.4, 0.5) is 0 Å². The highest BCUT2D eigenvalue weighted by Crippen LogP contribution is 2.30. The monoisotopic (exact) mass is 549 g/mol. The SMILES string of the molecule is COc1ccccc1-n1c(SC(C)C(=O)N2CCCCC2)nc2ccc(I)cc2c1=O. The Hall–Kier alpha value is -2.07. The first kappa shape index (κ1) is 22.1. The van der Waals surface area contributed by atoms with Crippen LogP contribution in [0.25, 0.3) is 16.6 Å². The quantitative estimate of drug-likeness (QED) is 0.267. The van der Waals surface area contributed by atoms with Crippen molar-refractivity contribution in [3.05, 3.63) is 56.4 Å². The highest BCUT2D eigenvalue weighted by molar-refractivity contribution is 14.1. The van der Waals surface area contributed by atoms with Crippen LogP contribution in [0.3, 0.4) is 0 Å². The number of piperidine rings is 1. The predicted molar refractivity (Wildman–Crippen MR) is 132 cm³/mol. The molecule has 1 aromatic heterocycles. The Morgan fingerprint density at radius 3 is 2.65 bits per heavy atom. The molecule has 0 saturated carbocycles. The van der Waals surface area contributed by atoms with Crippen molar-refractivity contribution in [2.24, 2.45) is 0 Å². The fourth-order valence-corrected chi connectivity index (χ4v) is 5.32. The van der Waals surface area contributed by atoms with Crippen molar-refractivity contribution < 1.29 is 9.53 Å². The van der Waals surface area contributed by atoms with Gasteiger partial charge in [-0.2, -0.15) is 0 Å². The first-order chi connectivity index (χ1) is 15.0. The summed E-state index contributed by atoms with van der Waals surface area (Å²) in [5, 5.41) is 0.672. The number of hydrogen-bond donors (Lipinski definition) is 0. The van der Waals surface area contributed by atoms with Gasteiger partial charge in [0.15, 0.2) is 5.16 Å². The normalized spacial score (nSPS) is 15.1. The Labute approximate surface area is 199 Å². The second-order valence-electron chi connectivity index (χ2n) is 7.51. The van der Waals surface area contributed by atoms with E-state index in [4.69, 9.17) is 9.72 Å². The summed E-state index contributed by atoms with van der Waals surface area (Å²) in [6.07, 6.45) is 3.26. The van der Waals surface area contributed by atoms with Crippen LogP contribution < -0.4 is 10.3 Å². The van der Waals surface area contributed by atoms with Crippen LogP contribution in [0.1, 0.15) is 26.2 Å². The van der Waals surface area contributed by atoms with Gasteiger partial charge in [0, 0.05) is 16.7 Å². The van der Waals surface area contributed by atoms with E-state index >= 15 is 0 Å². The zero-order valence-electron chi connectivity index (χ0n) is 17.5. The molecular weight excluding hydrogens is 525 g/mol. The molecule has 0 aliphatic carbocycles. The third-order valence-corrected chi connectivity index (χ3v) is 7.13. The van der Waals surface area contributed by atoms with Crippen molar-refractivity contribution in [1.29, 1.82) is 0 Å². The number of carbonyl (C=O) groups excluding carboxylic acids is 1. The van der Waals surface area contributed by atoms with Gasteiger partial charge in [-0.3, -0.25) is 14.2 Å². The molecule has 8 heteroatoms. The largest absolute Gasteiger partial charge is 0.495 e. The van der Waals surface area contributed by atoms with Crippen molar-refractivity contribution in [1.82, 2.24) is 14.5 Å². The lowest BCUT2D eigenvalue weighted by atomic mass is 10.1. The number of likely N-dealkylation sites (tertiary alicyclic amines) is 1. The van der Waals surface area contributed by atoms with E-state index in [1.165, 1.54) is 18.2 Å². The number of ether oxygens (including phenoxy) is 1. The molecule has 2 heterocycles. The van der Waals surface area contributed by atoms with E-state index in [0.29, 0.717) is 27.5 Å². The van der Waals surface area contributed by atoms with Crippen LogP contribution in [0.15, 0.2) is 52.4 Å². The number of thioether (sulfide) groups is 1. The van der Waals surface area contributed by atoms with E-state index in [2.05, 4.69) is 22.6 Å². The van der Waals surface area contributed by atoms with Crippen LogP contribution in [0.5, 0.6) is 5.75 Å². The van der Waals surface area contributed by atoms with Gasteiger partial charge in [0.2, 0.25) is 5.91 Å². The Morgan fingerprint density at radius 1 is 1.16 bits per heavy atom. The second-order valence-corrected chi connectivity index (χ2v) is 10.1. The van der Waals surface area contributed by atoms with Crippen molar-refractivity contribution in [2.75, 3.05) is 20.2 Å². The number of rotatable bonds is 5. The van der Waals surface area contributed by atoms with Crippen LogP contribution in [0.2, 0.25) is 0 Å². The zero-order valence-corrected chi connectivity index (χ0v) is 20.5. The maximum atomic E-state index is 13.6. The number of para-hydroxylation sites is 2. The van der Waals surface area contributed by atoms with Crippen LogP contribution >= 0.6 is 34.4 Å². The minimum Gasteiger partial charge on any atom is -0.495 e. The average molecular weight is 549 g/mol. The molecule has 6 nitrogen and oxygen atoms in total. The summed E-state index contributed by atoms with van der Waals surface area (Å²) >= 11 is 3.51. The molecule has 1 aliphatic rings. The molecule has 1 saturated heterocycles. The molecule has 162 valence electrons. The highest BCUT2D eigenvalue weighted by atomic mass is 127. The summed E-state index contributed by atoms with van der Waals surface area (Å²) in [5.41, 5.74) is 1.06. The Balaban J connectivity index is 1.82. The summed E-state index contributed by atoms with van der Waals surface area (Å²) < 4.78 is 8.05. The molecule has 1 fully saturated rings. The molecular formula is C23H24IN3O3S. The van der Waals surface area contributed by atoms with Crippen molar-refractivity contribution in [3.8, 4) is 11.4 Å². The Kier molecular flexibility index (Phi) is 6.86. The first-order valence-corrected chi connectivity index (χ1v) is 12.3. The molecule has 0 spiro atoms. The number of carbonyl (C=O) groups is 1. The van der Waals surface area contributed by atoms with Gasteiger partial charge in [-0.25, -0.2) is 4.98 Å². The average Bonchev–Trinajstić information content (AvgIpc) is 2.80. The number of halogens is 1. The summed E-state index contributed by atoms with van der Waals surface area (Å²) in [6, 6.07) is 13.0. The van der Waals surface area contributed by atoms with Crippen molar-refractivity contribution in [3.63, 3.8) is 0 Å². The van der Waals surface area contributed by atoms with E-state index in [1.54, 1.807) is 11.7 Å². The van der Waals surface area contributed by atoms with E-state index in [9.17, 15) is 9.59 Å². The maximum absolute atomic E-state index is 13.6. The number of fused-ring (bicyclic) bond motifs is 1. The molecule has 0 N–H and O–H groups in total. The standard InChI is InChI=1S/C23H24IN3O3S/c1-15(21(28)26-12-6-3-7-13-26)31-23-25-18-11-10-16(24)14-17(18)22(29)27(23)19-8-4-5-9-20(19)30-2/h4-5,8-11,14-15H,3,6-7,12-13H2,1-2H3. The zero-order chi connectivity index (χ0) is 22.0. The number of benzene rings is 2. The minimum absolute atomic E-state index is 0.0910. The fraction of sp³-hybridized carbons (Fsp3) is 0.348. The summed E-state index contributed by atoms with van der Waals surface area (Å²) in [4.78, 5) is 33.3. The van der Waals surface area contributed by atoms with E-state index in [1.807, 2.05) is 54.3 Å². The summed E-state index contributed by atoms with van der Waals surface area (Å²) in [5.74, 6) is 0.668. The predicted octanol–water partition coefficient (Wildman–Crippen LogP) is 4.49. The minimum atomic E-state index is -0.354. The van der Waals surface area contributed by atoms with Gasteiger partial charge >= 0.3 is 0 Å². The Bertz CT molecular complexity index is 1170. The lowest BCUT2D eigenvalue weighted by Crippen LogP contribution is -2.40. The maximum Gasteiger partial charge on any atom is 0.266 e. The molecule has 31 heavy (non-hydrogen) atoms. The lowest BCUT2D eigenvalue weighted by Gasteiger charge is -2.29. The molecule has 2 aromatic carbocycles. The summed E-state index contributed by atoms with van der Waals surface area (Å²) in [7, 11) is 1.58. The van der Waals surface area contributed by atoms with Gasteiger partial charge < -0.3 is 9.64 Å². The Morgan fingerprint density at radius 2 is 1.90 bits per heavy atom. The van der Waals surface area contributed by atoms with E-state index < -0.39 is 0 Å². The first-order valence-electron chi connectivity index (χ1n) is 10.3. The number of hydrogen-bond acceptors (Lipinski definition) is 5. The summed E-state index contributed by atoms with van der Waals surface area (Å²) in [6.45, 7) is 3.48. The number of methoxy groups -OCH3 is 1. The van der Waals surface area contributed by atoms with Crippen molar-refractivity contribution in [2.45, 2.75) is 36.6 Å². The van der Waals surface area contributed by atoms with Gasteiger partial charge in [0.1, 0.15) is 5.75 Å². The van der Waals surface area contributed by atoms with E-state index in [0.717, 1.165) is 29.5 Å². The topological polar surface area (TPSA) is 64.4 Å². The molecule has 0 bridgehead atoms. The van der Waals surface area contributed by atoms with Gasteiger partial charge in [-0.05, 0) is 79.1 Å². The third-order valence-electron chi connectivity index (χ3n) is 5.42. The van der Waals surface area contributed by atoms with Crippen LogP contribution in [-0.2, 0) is 4.79 Å². The molecule has 1 atom stereocenters. The molecule has 1 unspecified atom stereocenters. The van der Waals surface area contributed by atoms with Crippen LogP contribution in [0, 0.1) is 3.57 Å². The molecule has 1 amide bonds. The fourth-order valence-electron chi connectivity index (χ4n) is 3.82. The molecule has 1 aliphatic heterocycles. The smallest absolute Gasteiger partial charge is 0.266 e. The highest BCUT2D eigenvalue weighted by Gasteiger charge is 2.26. The molecule has 0 radical (unpaired) electrons. The number of nitrogens with zero attached hydrogens (tertiary/aromatic N) is 3.